The molecule has 1 atom stereocenters. The molecule has 1 amide bonds. The lowest BCUT2D eigenvalue weighted by Crippen LogP contribution is -2.40. The third kappa shape index (κ3) is 3.29. The Labute approximate surface area is 121 Å². The smallest absolute Gasteiger partial charge is 0.272 e. The Morgan fingerprint density at radius 2 is 2.10 bits per heavy atom. The first-order valence-electron chi connectivity index (χ1n) is 6.83. The first kappa shape index (κ1) is 15.2. The lowest BCUT2D eigenvalue weighted by atomic mass is 9.91. The molecule has 1 aliphatic rings. The number of halogens is 1. The number of benzene rings is 1. The van der Waals surface area contributed by atoms with E-state index in [1.165, 1.54) is 6.07 Å². The fourth-order valence-electron chi connectivity index (χ4n) is 2.72. The molecule has 6 nitrogen and oxygen atoms in total. The molecule has 7 heteroatoms. The highest BCUT2D eigenvalue weighted by molar-refractivity contribution is 5.79. The summed E-state index contributed by atoms with van der Waals surface area (Å²) in [5.41, 5.74) is 6.55. The molecule has 21 heavy (non-hydrogen) atoms. The number of carbonyl (C=O) groups excluding carboxylic acids is 1. The van der Waals surface area contributed by atoms with E-state index >= 15 is 0 Å². The van der Waals surface area contributed by atoms with Crippen LogP contribution in [-0.2, 0) is 4.79 Å². The van der Waals surface area contributed by atoms with Crippen LogP contribution in [0.5, 0.6) is 0 Å². The van der Waals surface area contributed by atoms with Crippen molar-refractivity contribution >= 4 is 17.3 Å². The van der Waals surface area contributed by atoms with E-state index in [2.05, 4.69) is 0 Å². The minimum absolute atomic E-state index is 0.0891. The average Bonchev–Trinajstić information content (AvgIpc) is 2.46. The monoisotopic (exact) mass is 295 g/mol. The number of nitrogens with two attached hydrogens (primary N) is 1. The maximum atomic E-state index is 13.6. The normalized spacial score (nSPS) is 17.5. The van der Waals surface area contributed by atoms with Gasteiger partial charge in [-0.25, -0.2) is 4.39 Å². The van der Waals surface area contributed by atoms with E-state index in [1.54, 1.807) is 19.1 Å². The van der Waals surface area contributed by atoms with Gasteiger partial charge in [0.15, 0.2) is 6.17 Å². The number of primary amides is 1. The van der Waals surface area contributed by atoms with Gasteiger partial charge in [-0.2, -0.15) is 0 Å². The number of hydrogen-bond acceptors (Lipinski definition) is 4. The van der Waals surface area contributed by atoms with Crippen LogP contribution in [0.1, 0.15) is 18.4 Å². The number of aryl methyl sites for hydroxylation is 1. The molecule has 1 heterocycles. The highest BCUT2D eigenvalue weighted by Crippen LogP contribution is 2.29. The van der Waals surface area contributed by atoms with Gasteiger partial charge in [-0.3, -0.25) is 14.9 Å². The zero-order chi connectivity index (χ0) is 15.6. The quantitative estimate of drug-likeness (QED) is 0.679. The fourth-order valence-corrected chi connectivity index (χ4v) is 2.72. The Bertz CT molecular complexity index is 556. The number of anilines is 1. The number of amides is 1. The molecule has 0 saturated carbocycles. The molecule has 0 spiro atoms. The van der Waals surface area contributed by atoms with E-state index < -0.39 is 17.0 Å². The van der Waals surface area contributed by atoms with Crippen molar-refractivity contribution in [3.05, 3.63) is 33.9 Å². The number of alkyl halides is 1. The summed E-state index contributed by atoms with van der Waals surface area (Å²) in [5, 5.41) is 10.8. The van der Waals surface area contributed by atoms with Crippen LogP contribution in [0.15, 0.2) is 18.2 Å². The molecule has 1 fully saturated rings. The molecule has 0 aliphatic carbocycles. The van der Waals surface area contributed by atoms with Crippen LogP contribution in [0.25, 0.3) is 0 Å². The summed E-state index contributed by atoms with van der Waals surface area (Å²) in [7, 11) is 0. The van der Waals surface area contributed by atoms with E-state index in [9.17, 15) is 19.3 Å². The molecule has 2 rings (SSSR count). The van der Waals surface area contributed by atoms with Gasteiger partial charge in [0.1, 0.15) is 0 Å². The van der Waals surface area contributed by atoms with E-state index in [1.807, 2.05) is 4.90 Å². The van der Waals surface area contributed by atoms with Crippen molar-refractivity contribution in [2.45, 2.75) is 25.9 Å². The van der Waals surface area contributed by atoms with Crippen molar-refractivity contribution in [3.63, 3.8) is 0 Å². The van der Waals surface area contributed by atoms with Gasteiger partial charge in [0.25, 0.3) is 11.6 Å². The Morgan fingerprint density at radius 1 is 1.48 bits per heavy atom. The SMILES string of the molecule is Cc1cc(N2CCC([C@H](F)C(N)=O)CC2)ccc1[N+](=O)[O-]. The molecule has 1 saturated heterocycles. The molecule has 1 aromatic rings. The molecule has 0 aromatic heterocycles. The number of nitro benzene ring substituents is 1. The highest BCUT2D eigenvalue weighted by Gasteiger charge is 2.30. The Morgan fingerprint density at radius 3 is 2.57 bits per heavy atom. The number of hydrogen-bond donors (Lipinski definition) is 1. The maximum absolute atomic E-state index is 13.6. The molecule has 2 N–H and O–H groups in total. The molecular formula is C14H18FN3O3. The number of piperidine rings is 1. The third-order valence-electron chi connectivity index (χ3n) is 3.97. The largest absolute Gasteiger partial charge is 0.371 e. The van der Waals surface area contributed by atoms with E-state index in [0.29, 0.717) is 31.5 Å². The van der Waals surface area contributed by atoms with Crippen LogP contribution in [0.2, 0.25) is 0 Å². The number of rotatable bonds is 4. The van der Waals surface area contributed by atoms with Crippen molar-refractivity contribution in [2.75, 3.05) is 18.0 Å². The first-order valence-corrected chi connectivity index (χ1v) is 6.83. The molecule has 1 aromatic carbocycles. The van der Waals surface area contributed by atoms with Crippen molar-refractivity contribution in [1.82, 2.24) is 0 Å². The summed E-state index contributed by atoms with van der Waals surface area (Å²) >= 11 is 0. The highest BCUT2D eigenvalue weighted by atomic mass is 19.1. The predicted molar refractivity (Wildman–Crippen MR) is 76.9 cm³/mol. The van der Waals surface area contributed by atoms with Crippen molar-refractivity contribution in [3.8, 4) is 0 Å². The Balaban J connectivity index is 2.04. The summed E-state index contributed by atoms with van der Waals surface area (Å²) in [6.07, 6.45) is -0.508. The van der Waals surface area contributed by atoms with Crippen molar-refractivity contribution < 1.29 is 14.1 Å². The van der Waals surface area contributed by atoms with Crippen LogP contribution >= 0.6 is 0 Å². The lowest BCUT2D eigenvalue weighted by molar-refractivity contribution is -0.385. The molecule has 0 unspecified atom stereocenters. The zero-order valence-electron chi connectivity index (χ0n) is 11.8. The van der Waals surface area contributed by atoms with E-state index in [4.69, 9.17) is 5.73 Å². The number of carbonyl (C=O) groups is 1. The summed E-state index contributed by atoms with van der Waals surface area (Å²) in [6, 6.07) is 4.95. The van der Waals surface area contributed by atoms with Crippen LogP contribution in [0.3, 0.4) is 0 Å². The molecule has 1 aliphatic heterocycles. The van der Waals surface area contributed by atoms with Gasteiger partial charge < -0.3 is 10.6 Å². The zero-order valence-corrected chi connectivity index (χ0v) is 11.8. The van der Waals surface area contributed by atoms with Gasteiger partial charge in [-0.05, 0) is 31.9 Å². The van der Waals surface area contributed by atoms with Gasteiger partial charge in [0, 0.05) is 36.3 Å². The summed E-state index contributed by atoms with van der Waals surface area (Å²) in [6.45, 7) is 2.91. The maximum Gasteiger partial charge on any atom is 0.272 e. The van der Waals surface area contributed by atoms with Crippen molar-refractivity contribution in [1.29, 1.82) is 0 Å². The minimum atomic E-state index is -1.59. The first-order chi connectivity index (χ1) is 9.90. The van der Waals surface area contributed by atoms with Crippen molar-refractivity contribution in [2.24, 2.45) is 11.7 Å². The Kier molecular flexibility index (Phi) is 4.40. The van der Waals surface area contributed by atoms with Crippen LogP contribution in [0.4, 0.5) is 15.8 Å². The minimum Gasteiger partial charge on any atom is -0.371 e. The summed E-state index contributed by atoms with van der Waals surface area (Å²) in [5.74, 6) is -1.24. The molecule has 0 bridgehead atoms. The van der Waals surface area contributed by atoms with Gasteiger partial charge in [-0.1, -0.05) is 0 Å². The second-order valence-corrected chi connectivity index (χ2v) is 5.36. The standard InChI is InChI=1S/C14H18FN3O3/c1-9-8-11(2-3-12(9)18(20)21)17-6-4-10(5-7-17)13(15)14(16)19/h2-3,8,10,13H,4-7H2,1H3,(H2,16,19)/t13-/m0/s1. The summed E-state index contributed by atoms with van der Waals surface area (Å²) in [4.78, 5) is 23.3. The summed E-state index contributed by atoms with van der Waals surface area (Å²) < 4.78 is 13.6. The van der Waals surface area contributed by atoms with E-state index in [0.717, 1.165) is 5.69 Å². The Hall–Kier alpha value is -2.18. The number of nitrogens with zero attached hydrogens (tertiary/aromatic N) is 2. The molecule has 114 valence electrons. The fraction of sp³-hybridized carbons (Fsp3) is 0.500. The van der Waals surface area contributed by atoms with E-state index in [-0.39, 0.29) is 11.6 Å². The van der Waals surface area contributed by atoms with Gasteiger partial charge in [0.2, 0.25) is 0 Å². The average molecular weight is 295 g/mol. The topological polar surface area (TPSA) is 89.5 Å². The second-order valence-electron chi connectivity index (χ2n) is 5.36. The molecular weight excluding hydrogens is 277 g/mol. The van der Waals surface area contributed by atoms with Gasteiger partial charge in [-0.15, -0.1) is 0 Å². The van der Waals surface area contributed by atoms with Crippen LogP contribution in [0, 0.1) is 23.0 Å². The predicted octanol–water partition coefficient (Wildman–Crippen LogP) is 1.94. The van der Waals surface area contributed by atoms with Crippen LogP contribution < -0.4 is 10.6 Å². The lowest BCUT2D eigenvalue weighted by Gasteiger charge is -2.34. The van der Waals surface area contributed by atoms with Gasteiger partial charge >= 0.3 is 0 Å². The second kappa shape index (κ2) is 6.07. The molecule has 0 radical (unpaired) electrons. The van der Waals surface area contributed by atoms with Crippen LogP contribution in [-0.4, -0.2) is 30.1 Å². The number of nitro groups is 1. The van der Waals surface area contributed by atoms with Gasteiger partial charge in [0.05, 0.1) is 4.92 Å². The third-order valence-corrected chi connectivity index (χ3v) is 3.97.